The first-order chi connectivity index (χ1) is 7.80. The van der Waals surface area contributed by atoms with E-state index in [-0.39, 0.29) is 12.4 Å². The second-order valence-corrected chi connectivity index (χ2v) is 4.65. The zero-order valence-corrected chi connectivity index (χ0v) is 12.1. The summed E-state index contributed by atoms with van der Waals surface area (Å²) < 4.78 is 9.64. The fourth-order valence-corrected chi connectivity index (χ4v) is 1.16. The zero-order chi connectivity index (χ0) is 13.5. The second-order valence-electron chi connectivity index (χ2n) is 4.65. The maximum atomic E-state index is 11.5. The van der Waals surface area contributed by atoms with E-state index in [1.807, 2.05) is 0 Å². The molecule has 0 heterocycles. The molecule has 0 aliphatic rings. The number of carbonyl (C=O) groups excluding carboxylic acids is 2. The molecule has 1 atom stereocenters. The van der Waals surface area contributed by atoms with Crippen LogP contribution in [0.1, 0.15) is 33.6 Å². The number of carbonyl (C=O) groups is 2. The van der Waals surface area contributed by atoms with Crippen LogP contribution in [0.15, 0.2) is 0 Å². The predicted octanol–water partition coefficient (Wildman–Crippen LogP) is 1.21. The van der Waals surface area contributed by atoms with Crippen LogP contribution in [0.3, 0.4) is 0 Å². The van der Waals surface area contributed by atoms with Crippen molar-refractivity contribution in [2.45, 2.75) is 45.3 Å². The number of rotatable bonds is 5. The molecule has 0 aliphatic carbocycles. The van der Waals surface area contributed by atoms with E-state index >= 15 is 0 Å². The summed E-state index contributed by atoms with van der Waals surface area (Å²) in [5, 5.41) is 2.47. The molecule has 1 amide bonds. The number of hydrogen-bond donors (Lipinski definition) is 2. The maximum absolute atomic E-state index is 11.5. The Balaban J connectivity index is 0. The van der Waals surface area contributed by atoms with Crippen LogP contribution in [-0.4, -0.2) is 37.4 Å². The summed E-state index contributed by atoms with van der Waals surface area (Å²) in [5.74, 6) is -0.496. The molecule has 3 N–H and O–H groups in total. The molecular formula is C11H23ClN2O4. The highest BCUT2D eigenvalue weighted by atomic mass is 35.5. The first-order valence-electron chi connectivity index (χ1n) is 5.57. The molecule has 0 aromatic carbocycles. The van der Waals surface area contributed by atoms with Crippen molar-refractivity contribution < 1.29 is 19.1 Å². The molecule has 18 heavy (non-hydrogen) atoms. The summed E-state index contributed by atoms with van der Waals surface area (Å²) in [4.78, 5) is 22.9. The van der Waals surface area contributed by atoms with E-state index in [9.17, 15) is 9.59 Å². The Bertz CT molecular complexity index is 266. The lowest BCUT2D eigenvalue weighted by molar-refractivity contribution is -0.143. The lowest BCUT2D eigenvalue weighted by Gasteiger charge is -2.22. The molecule has 0 bridgehead atoms. The van der Waals surface area contributed by atoms with Gasteiger partial charge < -0.3 is 20.5 Å². The van der Waals surface area contributed by atoms with E-state index in [0.29, 0.717) is 19.4 Å². The number of ether oxygens (including phenoxy) is 2. The van der Waals surface area contributed by atoms with Crippen LogP contribution in [0.25, 0.3) is 0 Å². The van der Waals surface area contributed by atoms with Gasteiger partial charge in [-0.1, -0.05) is 0 Å². The van der Waals surface area contributed by atoms with E-state index in [1.54, 1.807) is 20.8 Å². The van der Waals surface area contributed by atoms with Crippen molar-refractivity contribution in [2.24, 2.45) is 5.73 Å². The quantitative estimate of drug-likeness (QED) is 0.740. The molecule has 0 spiro atoms. The number of nitrogens with two attached hydrogens (primary N) is 1. The van der Waals surface area contributed by atoms with Gasteiger partial charge in [0.1, 0.15) is 11.6 Å². The Hall–Kier alpha value is -1.01. The van der Waals surface area contributed by atoms with Crippen LogP contribution >= 0.6 is 12.4 Å². The third kappa shape index (κ3) is 9.07. The molecule has 6 nitrogen and oxygen atoms in total. The number of methoxy groups -OCH3 is 1. The molecule has 0 aromatic heterocycles. The third-order valence-electron chi connectivity index (χ3n) is 1.87. The molecule has 0 fully saturated rings. The monoisotopic (exact) mass is 282 g/mol. The lowest BCUT2D eigenvalue weighted by Crippen LogP contribution is -2.44. The average molecular weight is 283 g/mol. The van der Waals surface area contributed by atoms with Gasteiger partial charge >= 0.3 is 12.1 Å². The number of hydrogen-bond acceptors (Lipinski definition) is 5. The molecule has 0 rings (SSSR count). The molecule has 0 saturated carbocycles. The fraction of sp³-hybridized carbons (Fsp3) is 0.818. The summed E-state index contributed by atoms with van der Waals surface area (Å²) in [6, 6.07) is -0.710. The molecule has 7 heteroatoms. The van der Waals surface area contributed by atoms with Gasteiger partial charge in [-0.15, -0.1) is 12.4 Å². The smallest absolute Gasteiger partial charge is 0.408 e. The molecular weight excluding hydrogens is 260 g/mol. The van der Waals surface area contributed by atoms with Gasteiger partial charge in [-0.2, -0.15) is 0 Å². The van der Waals surface area contributed by atoms with Gasteiger partial charge in [0, 0.05) is 0 Å². The Morgan fingerprint density at radius 2 is 1.89 bits per heavy atom. The SMILES string of the molecule is COC(=O)C(CCCN)NC(=O)OC(C)(C)C.Cl. The Morgan fingerprint density at radius 1 is 1.33 bits per heavy atom. The minimum Gasteiger partial charge on any atom is -0.467 e. The molecule has 0 aliphatic heterocycles. The van der Waals surface area contributed by atoms with E-state index in [0.717, 1.165) is 0 Å². The number of nitrogens with one attached hydrogen (secondary N) is 1. The Labute approximate surface area is 114 Å². The van der Waals surface area contributed by atoms with E-state index < -0.39 is 23.7 Å². The molecule has 1 unspecified atom stereocenters. The lowest BCUT2D eigenvalue weighted by atomic mass is 10.1. The summed E-state index contributed by atoms with van der Waals surface area (Å²) in [7, 11) is 1.27. The summed E-state index contributed by atoms with van der Waals surface area (Å²) in [6.07, 6.45) is 0.419. The molecule has 108 valence electrons. The van der Waals surface area contributed by atoms with Crippen LogP contribution in [0.5, 0.6) is 0 Å². The van der Waals surface area contributed by atoms with Crippen molar-refractivity contribution in [3.63, 3.8) is 0 Å². The Kier molecular flexibility index (Phi) is 9.66. The van der Waals surface area contributed by atoms with E-state index in [4.69, 9.17) is 10.5 Å². The van der Waals surface area contributed by atoms with Crippen LogP contribution in [0.2, 0.25) is 0 Å². The normalized spacial score (nSPS) is 12.1. The van der Waals surface area contributed by atoms with Crippen LogP contribution < -0.4 is 11.1 Å². The number of halogens is 1. The number of esters is 1. The standard InChI is InChI=1S/C11H22N2O4.ClH/c1-11(2,3)17-10(15)13-8(6-5-7-12)9(14)16-4;/h8H,5-7,12H2,1-4H3,(H,13,15);1H. The van der Waals surface area contributed by atoms with Crippen molar-refractivity contribution in [1.82, 2.24) is 5.32 Å². The van der Waals surface area contributed by atoms with Crippen LogP contribution in [0, 0.1) is 0 Å². The van der Waals surface area contributed by atoms with E-state index in [2.05, 4.69) is 10.1 Å². The maximum Gasteiger partial charge on any atom is 0.408 e. The zero-order valence-electron chi connectivity index (χ0n) is 11.3. The predicted molar refractivity (Wildman–Crippen MR) is 70.7 cm³/mol. The minimum atomic E-state index is -0.710. The van der Waals surface area contributed by atoms with Gasteiger partial charge in [0.2, 0.25) is 0 Å². The minimum absolute atomic E-state index is 0. The van der Waals surface area contributed by atoms with Gasteiger partial charge in [0.05, 0.1) is 7.11 Å². The topological polar surface area (TPSA) is 90.6 Å². The molecule has 0 saturated heterocycles. The van der Waals surface area contributed by atoms with Crippen molar-refractivity contribution in [1.29, 1.82) is 0 Å². The third-order valence-corrected chi connectivity index (χ3v) is 1.87. The summed E-state index contributed by atoms with van der Waals surface area (Å²) in [6.45, 7) is 5.70. The van der Waals surface area contributed by atoms with Gasteiger partial charge in [-0.3, -0.25) is 0 Å². The highest BCUT2D eigenvalue weighted by Gasteiger charge is 2.24. The van der Waals surface area contributed by atoms with Crippen molar-refractivity contribution in [3.8, 4) is 0 Å². The molecule has 0 aromatic rings. The van der Waals surface area contributed by atoms with E-state index in [1.165, 1.54) is 7.11 Å². The van der Waals surface area contributed by atoms with Crippen molar-refractivity contribution in [2.75, 3.05) is 13.7 Å². The summed E-state index contributed by atoms with van der Waals surface area (Å²) in [5.41, 5.74) is 4.76. The first-order valence-corrected chi connectivity index (χ1v) is 5.57. The average Bonchev–Trinajstić information content (AvgIpc) is 2.20. The van der Waals surface area contributed by atoms with Gasteiger partial charge in [-0.05, 0) is 40.2 Å². The fourth-order valence-electron chi connectivity index (χ4n) is 1.16. The second kappa shape index (κ2) is 8.99. The van der Waals surface area contributed by atoms with Crippen LogP contribution in [-0.2, 0) is 14.3 Å². The van der Waals surface area contributed by atoms with Gasteiger partial charge in [0.15, 0.2) is 0 Å². The summed E-state index contributed by atoms with van der Waals surface area (Å²) >= 11 is 0. The number of alkyl carbamates (subject to hydrolysis) is 1. The van der Waals surface area contributed by atoms with Crippen molar-refractivity contribution >= 4 is 24.5 Å². The van der Waals surface area contributed by atoms with Gasteiger partial charge in [0.25, 0.3) is 0 Å². The highest BCUT2D eigenvalue weighted by Crippen LogP contribution is 2.08. The first kappa shape index (κ1) is 19.3. The molecule has 0 radical (unpaired) electrons. The number of amides is 1. The van der Waals surface area contributed by atoms with Crippen LogP contribution in [0.4, 0.5) is 4.79 Å². The van der Waals surface area contributed by atoms with Gasteiger partial charge in [-0.25, -0.2) is 9.59 Å². The highest BCUT2D eigenvalue weighted by molar-refractivity contribution is 5.85. The Morgan fingerprint density at radius 3 is 2.28 bits per heavy atom. The van der Waals surface area contributed by atoms with Crippen molar-refractivity contribution in [3.05, 3.63) is 0 Å². The largest absolute Gasteiger partial charge is 0.467 e.